The maximum atomic E-state index is 12.3. The second kappa shape index (κ2) is 18.1. The highest BCUT2D eigenvalue weighted by atomic mass is 16.7. The van der Waals surface area contributed by atoms with Gasteiger partial charge in [0.15, 0.2) is 12.4 Å². The Morgan fingerprint density at radius 2 is 1.41 bits per heavy atom. The molecule has 1 saturated heterocycles. The van der Waals surface area contributed by atoms with Crippen LogP contribution in [0.1, 0.15) is 50.7 Å². The smallest absolute Gasteiger partial charge is 0.303 e. The summed E-state index contributed by atoms with van der Waals surface area (Å²) in [6.07, 6.45) is -0.922. The van der Waals surface area contributed by atoms with E-state index in [1.54, 1.807) is 0 Å². The van der Waals surface area contributed by atoms with Crippen molar-refractivity contribution in [1.29, 1.82) is 0 Å². The summed E-state index contributed by atoms with van der Waals surface area (Å²) < 4.78 is 36.2. The average Bonchev–Trinajstić information content (AvgIpc) is 2.97. The van der Waals surface area contributed by atoms with Gasteiger partial charge in [-0.2, -0.15) is 0 Å². The van der Waals surface area contributed by atoms with Gasteiger partial charge in [0.2, 0.25) is 0 Å². The Morgan fingerprint density at radius 1 is 0.805 bits per heavy atom. The van der Waals surface area contributed by atoms with E-state index in [1.807, 2.05) is 60.7 Å². The Morgan fingerprint density at radius 3 is 2.00 bits per heavy atom. The fourth-order valence-electron chi connectivity index (χ4n) is 4.47. The summed E-state index contributed by atoms with van der Waals surface area (Å²) in [5.41, 5.74) is 10.3. The number of hydrogen-bond acceptors (Lipinski definition) is 9. The van der Waals surface area contributed by atoms with E-state index >= 15 is 0 Å². The SMILES string of the molecule is CC(=O)OC[C@H]1O[C@H](OCCCCCCN=[N+]=[N-])[C@@H](OCc2ccccc2)[C@@H](OC(C)=O)[C@@H]1OCc1ccccc1. The largest absolute Gasteiger partial charge is 0.463 e. The van der Waals surface area contributed by atoms with Gasteiger partial charge in [-0.3, -0.25) is 9.59 Å². The zero-order valence-electron chi connectivity index (χ0n) is 23.6. The number of carbonyl (C=O) groups excluding carboxylic acids is 2. The lowest BCUT2D eigenvalue weighted by Crippen LogP contribution is -2.62. The number of benzene rings is 2. The molecule has 0 N–H and O–H groups in total. The van der Waals surface area contributed by atoms with Crippen molar-refractivity contribution in [2.24, 2.45) is 5.11 Å². The van der Waals surface area contributed by atoms with Crippen molar-refractivity contribution < 1.29 is 38.0 Å². The zero-order chi connectivity index (χ0) is 29.3. The quantitative estimate of drug-likeness (QED) is 0.0826. The molecule has 0 bridgehead atoms. The van der Waals surface area contributed by atoms with Crippen LogP contribution >= 0.6 is 0 Å². The summed E-state index contributed by atoms with van der Waals surface area (Å²) in [7, 11) is 0. The number of azide groups is 1. The van der Waals surface area contributed by atoms with Gasteiger partial charge in [0.05, 0.1) is 13.2 Å². The number of ether oxygens (including phenoxy) is 6. The second-order valence-corrected chi connectivity index (χ2v) is 9.68. The Labute approximate surface area is 240 Å². The summed E-state index contributed by atoms with van der Waals surface area (Å²) in [6, 6.07) is 19.2. The minimum atomic E-state index is -0.914. The van der Waals surface area contributed by atoms with Crippen LogP contribution in [-0.4, -0.2) is 62.4 Å². The highest BCUT2D eigenvalue weighted by Crippen LogP contribution is 2.31. The Balaban J connectivity index is 1.79. The minimum Gasteiger partial charge on any atom is -0.463 e. The van der Waals surface area contributed by atoms with Gasteiger partial charge in [-0.25, -0.2) is 0 Å². The number of unbranched alkanes of at least 4 members (excludes halogenated alkanes) is 3. The van der Waals surface area contributed by atoms with Crippen LogP contribution in [0, 0.1) is 0 Å². The van der Waals surface area contributed by atoms with E-state index in [4.69, 9.17) is 34.0 Å². The molecule has 1 heterocycles. The Hall–Kier alpha value is -3.47. The highest BCUT2D eigenvalue weighted by Gasteiger charge is 2.50. The first kappa shape index (κ1) is 32.0. The van der Waals surface area contributed by atoms with Crippen molar-refractivity contribution in [3.63, 3.8) is 0 Å². The van der Waals surface area contributed by atoms with Gasteiger partial charge in [0.1, 0.15) is 24.9 Å². The molecule has 0 saturated carbocycles. The third kappa shape index (κ3) is 11.5. The standard InChI is InChI=1S/C30H39N3O8/c1-22(34)37-21-26-27(38-19-24-13-7-5-8-14-24)28(40-23(2)35)29(39-20-25-15-9-6-10-16-25)30(41-26)36-18-12-4-3-11-17-32-33-31/h5-10,13-16,26-30H,3-4,11-12,17-21H2,1-2H3/t26-,27-,28+,29+,30+/m1/s1. The van der Waals surface area contributed by atoms with Crippen LogP contribution in [0.2, 0.25) is 0 Å². The fraction of sp³-hybridized carbons (Fsp3) is 0.533. The molecule has 11 heteroatoms. The van der Waals surface area contributed by atoms with E-state index < -0.39 is 42.6 Å². The number of carbonyl (C=O) groups is 2. The molecule has 222 valence electrons. The Bertz CT molecular complexity index is 1100. The normalized spacial score (nSPS) is 22.0. The number of hydrogen-bond donors (Lipinski definition) is 0. The molecule has 1 aliphatic heterocycles. The summed E-state index contributed by atoms with van der Waals surface area (Å²) in [4.78, 5) is 26.8. The van der Waals surface area contributed by atoms with Gasteiger partial charge in [0, 0.05) is 31.9 Å². The summed E-state index contributed by atoms with van der Waals surface area (Å²) in [5, 5.41) is 3.55. The van der Waals surface area contributed by atoms with Gasteiger partial charge in [-0.1, -0.05) is 78.6 Å². The first-order valence-electron chi connectivity index (χ1n) is 13.9. The van der Waals surface area contributed by atoms with Crippen molar-refractivity contribution >= 4 is 11.9 Å². The molecule has 2 aromatic carbocycles. The lowest BCUT2D eigenvalue weighted by Gasteiger charge is -2.45. The van der Waals surface area contributed by atoms with Gasteiger partial charge < -0.3 is 28.4 Å². The molecule has 0 radical (unpaired) electrons. The predicted molar refractivity (Wildman–Crippen MR) is 149 cm³/mol. The molecule has 0 spiro atoms. The third-order valence-corrected chi connectivity index (χ3v) is 6.41. The molecular formula is C30H39N3O8. The maximum Gasteiger partial charge on any atom is 0.303 e. The molecule has 0 aliphatic carbocycles. The third-order valence-electron chi connectivity index (χ3n) is 6.41. The molecule has 1 fully saturated rings. The van der Waals surface area contributed by atoms with Gasteiger partial charge in [-0.05, 0) is 29.5 Å². The molecule has 5 atom stereocenters. The number of nitrogens with zero attached hydrogens (tertiary/aromatic N) is 3. The number of rotatable bonds is 17. The first-order valence-corrected chi connectivity index (χ1v) is 13.9. The summed E-state index contributed by atoms with van der Waals surface area (Å²) in [6.45, 7) is 3.79. The molecule has 0 amide bonds. The van der Waals surface area contributed by atoms with E-state index in [0.717, 1.165) is 36.8 Å². The van der Waals surface area contributed by atoms with Crippen LogP contribution in [0.3, 0.4) is 0 Å². The zero-order valence-corrected chi connectivity index (χ0v) is 23.6. The minimum absolute atomic E-state index is 0.114. The lowest BCUT2D eigenvalue weighted by molar-refractivity contribution is -0.321. The molecular weight excluding hydrogens is 530 g/mol. The van der Waals surface area contributed by atoms with Crippen LogP contribution in [0.25, 0.3) is 10.4 Å². The maximum absolute atomic E-state index is 12.3. The van der Waals surface area contributed by atoms with Crippen molar-refractivity contribution in [2.75, 3.05) is 19.8 Å². The monoisotopic (exact) mass is 569 g/mol. The molecule has 0 unspecified atom stereocenters. The van der Waals surface area contributed by atoms with Crippen LogP contribution in [0.15, 0.2) is 65.8 Å². The van der Waals surface area contributed by atoms with E-state index in [-0.39, 0.29) is 19.8 Å². The first-order chi connectivity index (χ1) is 20.0. The summed E-state index contributed by atoms with van der Waals surface area (Å²) in [5.74, 6) is -0.983. The highest BCUT2D eigenvalue weighted by molar-refractivity contribution is 5.66. The topological polar surface area (TPSA) is 138 Å². The van der Waals surface area contributed by atoms with Crippen LogP contribution in [0.4, 0.5) is 0 Å². The molecule has 2 aromatic rings. The van der Waals surface area contributed by atoms with Crippen LogP contribution in [0.5, 0.6) is 0 Å². The van der Waals surface area contributed by atoms with Crippen LogP contribution in [-0.2, 0) is 51.2 Å². The second-order valence-electron chi connectivity index (χ2n) is 9.68. The van der Waals surface area contributed by atoms with Crippen molar-refractivity contribution in [3.8, 4) is 0 Å². The molecule has 0 aromatic heterocycles. The van der Waals surface area contributed by atoms with Crippen LogP contribution < -0.4 is 0 Å². The lowest BCUT2D eigenvalue weighted by atomic mass is 9.98. The van der Waals surface area contributed by atoms with Crippen molar-refractivity contribution in [3.05, 3.63) is 82.2 Å². The molecule has 1 aliphatic rings. The molecule has 41 heavy (non-hydrogen) atoms. The van der Waals surface area contributed by atoms with E-state index in [1.165, 1.54) is 13.8 Å². The predicted octanol–water partition coefficient (Wildman–Crippen LogP) is 5.26. The van der Waals surface area contributed by atoms with E-state index in [0.29, 0.717) is 13.2 Å². The van der Waals surface area contributed by atoms with Gasteiger partial charge in [-0.15, -0.1) is 0 Å². The fourth-order valence-corrected chi connectivity index (χ4v) is 4.47. The van der Waals surface area contributed by atoms with Gasteiger partial charge >= 0.3 is 11.9 Å². The van der Waals surface area contributed by atoms with Gasteiger partial charge in [0.25, 0.3) is 0 Å². The van der Waals surface area contributed by atoms with Crippen molar-refractivity contribution in [2.45, 2.75) is 83.5 Å². The summed E-state index contributed by atoms with van der Waals surface area (Å²) >= 11 is 0. The van der Waals surface area contributed by atoms with E-state index in [2.05, 4.69) is 10.0 Å². The Kier molecular flexibility index (Phi) is 14.1. The molecule has 11 nitrogen and oxygen atoms in total. The average molecular weight is 570 g/mol. The molecule has 3 rings (SSSR count). The number of esters is 2. The van der Waals surface area contributed by atoms with Crippen molar-refractivity contribution in [1.82, 2.24) is 0 Å². The van der Waals surface area contributed by atoms with E-state index in [9.17, 15) is 9.59 Å².